The first-order valence-electron chi connectivity index (χ1n) is 5.78. The number of carbonyl (C=O) groups is 2. The van der Waals surface area contributed by atoms with Crippen LogP contribution in [0, 0.1) is 0 Å². The van der Waals surface area contributed by atoms with E-state index < -0.39 is 0 Å². The van der Waals surface area contributed by atoms with Gasteiger partial charge in [0.1, 0.15) is 11.6 Å². The van der Waals surface area contributed by atoms with Gasteiger partial charge in [-0.2, -0.15) is 0 Å². The van der Waals surface area contributed by atoms with E-state index in [1.54, 1.807) is 6.92 Å². The SMILES string of the molecule is CC(=O)CCC1C(=O)CCc2ccccc21. The molecule has 0 N–H and O–H groups in total. The van der Waals surface area contributed by atoms with Gasteiger partial charge in [-0.3, -0.25) is 4.79 Å². The highest BCUT2D eigenvalue weighted by molar-refractivity contribution is 5.88. The molecule has 0 radical (unpaired) electrons. The van der Waals surface area contributed by atoms with Crippen molar-refractivity contribution in [1.29, 1.82) is 0 Å². The highest BCUT2D eigenvalue weighted by Crippen LogP contribution is 2.32. The lowest BCUT2D eigenvalue weighted by atomic mass is 9.79. The van der Waals surface area contributed by atoms with Gasteiger partial charge < -0.3 is 4.79 Å². The zero-order valence-electron chi connectivity index (χ0n) is 9.53. The van der Waals surface area contributed by atoms with E-state index >= 15 is 0 Å². The maximum absolute atomic E-state index is 11.9. The lowest BCUT2D eigenvalue weighted by Crippen LogP contribution is -2.21. The van der Waals surface area contributed by atoms with E-state index in [-0.39, 0.29) is 11.7 Å². The second-order valence-electron chi connectivity index (χ2n) is 4.46. The summed E-state index contributed by atoms with van der Waals surface area (Å²) < 4.78 is 0. The number of fused-ring (bicyclic) bond motifs is 1. The molecule has 16 heavy (non-hydrogen) atoms. The Bertz CT molecular complexity index is 420. The average Bonchev–Trinajstić information content (AvgIpc) is 2.27. The molecule has 1 aromatic rings. The highest BCUT2D eigenvalue weighted by Gasteiger charge is 2.26. The molecule has 0 fully saturated rings. The Labute approximate surface area is 95.7 Å². The van der Waals surface area contributed by atoms with E-state index in [9.17, 15) is 9.59 Å². The van der Waals surface area contributed by atoms with Crippen LogP contribution in [0.3, 0.4) is 0 Å². The van der Waals surface area contributed by atoms with E-state index in [1.807, 2.05) is 18.2 Å². The Kier molecular flexibility index (Phi) is 3.18. The number of carbonyl (C=O) groups excluding carboxylic acids is 2. The normalized spacial score (nSPS) is 19.3. The van der Waals surface area contributed by atoms with Crippen molar-refractivity contribution in [2.45, 2.75) is 38.5 Å². The van der Waals surface area contributed by atoms with Gasteiger partial charge in [-0.25, -0.2) is 0 Å². The fourth-order valence-electron chi connectivity index (χ4n) is 2.37. The lowest BCUT2D eigenvalue weighted by Gasteiger charge is -2.23. The quantitative estimate of drug-likeness (QED) is 0.778. The molecule has 0 saturated heterocycles. The molecule has 1 unspecified atom stereocenters. The molecule has 0 amide bonds. The molecular weight excluding hydrogens is 200 g/mol. The predicted octanol–water partition coefficient (Wildman–Crippen LogP) is 2.65. The minimum absolute atomic E-state index is 0.0474. The summed E-state index contributed by atoms with van der Waals surface area (Å²) in [4.78, 5) is 22.9. The first-order chi connectivity index (χ1) is 7.68. The molecule has 1 aliphatic carbocycles. The molecular formula is C14H16O2. The second kappa shape index (κ2) is 4.60. The number of benzene rings is 1. The summed E-state index contributed by atoms with van der Waals surface area (Å²) in [6, 6.07) is 8.09. The van der Waals surface area contributed by atoms with Gasteiger partial charge in [0, 0.05) is 18.8 Å². The molecule has 1 aliphatic rings. The molecule has 2 rings (SSSR count). The van der Waals surface area contributed by atoms with E-state index in [0.29, 0.717) is 25.0 Å². The maximum Gasteiger partial charge on any atom is 0.140 e. The second-order valence-corrected chi connectivity index (χ2v) is 4.46. The number of rotatable bonds is 3. The monoisotopic (exact) mass is 216 g/mol. The van der Waals surface area contributed by atoms with Crippen LogP contribution in [0.1, 0.15) is 43.2 Å². The van der Waals surface area contributed by atoms with Gasteiger partial charge in [0.05, 0.1) is 0 Å². The largest absolute Gasteiger partial charge is 0.300 e. The van der Waals surface area contributed by atoms with Crippen LogP contribution < -0.4 is 0 Å². The molecule has 0 saturated carbocycles. The fraction of sp³-hybridized carbons (Fsp3) is 0.429. The van der Waals surface area contributed by atoms with Gasteiger partial charge >= 0.3 is 0 Å². The summed E-state index contributed by atoms with van der Waals surface area (Å²) in [6.45, 7) is 1.58. The number of aryl methyl sites for hydroxylation is 1. The molecule has 1 atom stereocenters. The predicted molar refractivity (Wildman–Crippen MR) is 62.4 cm³/mol. The van der Waals surface area contributed by atoms with Gasteiger partial charge in [0.15, 0.2) is 0 Å². The van der Waals surface area contributed by atoms with E-state index in [0.717, 1.165) is 12.0 Å². The topological polar surface area (TPSA) is 34.1 Å². The fourth-order valence-corrected chi connectivity index (χ4v) is 2.37. The number of hydrogen-bond acceptors (Lipinski definition) is 2. The van der Waals surface area contributed by atoms with Crippen LogP contribution >= 0.6 is 0 Å². The highest BCUT2D eigenvalue weighted by atomic mass is 16.1. The Morgan fingerprint density at radius 3 is 2.81 bits per heavy atom. The molecule has 84 valence electrons. The van der Waals surface area contributed by atoms with Crippen LogP contribution in [-0.2, 0) is 16.0 Å². The Morgan fingerprint density at radius 1 is 1.31 bits per heavy atom. The van der Waals surface area contributed by atoms with Gasteiger partial charge in [-0.05, 0) is 30.9 Å². The summed E-state index contributed by atoms with van der Waals surface area (Å²) in [6.07, 6.45) is 2.65. The van der Waals surface area contributed by atoms with Crippen LogP contribution in [0.25, 0.3) is 0 Å². The smallest absolute Gasteiger partial charge is 0.140 e. The van der Waals surface area contributed by atoms with Crippen molar-refractivity contribution in [3.8, 4) is 0 Å². The third-order valence-electron chi connectivity index (χ3n) is 3.24. The number of ketones is 2. The zero-order chi connectivity index (χ0) is 11.5. The first-order valence-corrected chi connectivity index (χ1v) is 5.78. The van der Waals surface area contributed by atoms with Crippen molar-refractivity contribution in [2.75, 3.05) is 0 Å². The third-order valence-corrected chi connectivity index (χ3v) is 3.24. The van der Waals surface area contributed by atoms with Crippen LogP contribution in [0.2, 0.25) is 0 Å². The van der Waals surface area contributed by atoms with Crippen LogP contribution in [0.4, 0.5) is 0 Å². The van der Waals surface area contributed by atoms with Gasteiger partial charge in [0.2, 0.25) is 0 Å². The minimum Gasteiger partial charge on any atom is -0.300 e. The molecule has 0 aliphatic heterocycles. The van der Waals surface area contributed by atoms with Crippen molar-refractivity contribution in [3.63, 3.8) is 0 Å². The summed E-state index contributed by atoms with van der Waals surface area (Å²) >= 11 is 0. The molecule has 0 spiro atoms. The summed E-state index contributed by atoms with van der Waals surface area (Å²) in [7, 11) is 0. The third kappa shape index (κ3) is 2.21. The summed E-state index contributed by atoms with van der Waals surface area (Å²) in [5, 5.41) is 0. The van der Waals surface area contributed by atoms with Crippen molar-refractivity contribution in [1.82, 2.24) is 0 Å². The van der Waals surface area contributed by atoms with Gasteiger partial charge in [-0.15, -0.1) is 0 Å². The Hall–Kier alpha value is -1.44. The van der Waals surface area contributed by atoms with Crippen LogP contribution in [0.5, 0.6) is 0 Å². The molecule has 2 heteroatoms. The Balaban J connectivity index is 2.23. The van der Waals surface area contributed by atoms with Crippen LogP contribution in [0.15, 0.2) is 24.3 Å². The van der Waals surface area contributed by atoms with Crippen molar-refractivity contribution >= 4 is 11.6 Å². The van der Waals surface area contributed by atoms with E-state index in [1.165, 1.54) is 5.56 Å². The molecule has 1 aromatic carbocycles. The molecule has 2 nitrogen and oxygen atoms in total. The van der Waals surface area contributed by atoms with Gasteiger partial charge in [-0.1, -0.05) is 24.3 Å². The van der Waals surface area contributed by atoms with Gasteiger partial charge in [0.25, 0.3) is 0 Å². The van der Waals surface area contributed by atoms with E-state index in [2.05, 4.69) is 6.07 Å². The van der Waals surface area contributed by atoms with Crippen molar-refractivity contribution in [3.05, 3.63) is 35.4 Å². The molecule has 0 aromatic heterocycles. The maximum atomic E-state index is 11.9. The average molecular weight is 216 g/mol. The first kappa shape index (κ1) is 11.1. The lowest BCUT2D eigenvalue weighted by molar-refractivity contribution is -0.121. The summed E-state index contributed by atoms with van der Waals surface area (Å²) in [5.41, 5.74) is 2.41. The van der Waals surface area contributed by atoms with Crippen molar-refractivity contribution < 1.29 is 9.59 Å². The number of Topliss-reactive ketones (excluding diaryl/α,β-unsaturated/α-hetero) is 2. The minimum atomic E-state index is -0.0474. The standard InChI is InChI=1S/C14H16O2/c1-10(15)6-8-13-12-5-3-2-4-11(12)7-9-14(13)16/h2-5,13H,6-9H2,1H3. The Morgan fingerprint density at radius 2 is 2.06 bits per heavy atom. The van der Waals surface area contributed by atoms with Crippen molar-refractivity contribution in [2.24, 2.45) is 0 Å². The van der Waals surface area contributed by atoms with Crippen LogP contribution in [-0.4, -0.2) is 11.6 Å². The molecule has 0 bridgehead atoms. The molecule has 0 heterocycles. The summed E-state index contributed by atoms with van der Waals surface area (Å²) in [5.74, 6) is 0.407. The number of hydrogen-bond donors (Lipinski definition) is 0. The van der Waals surface area contributed by atoms with E-state index in [4.69, 9.17) is 0 Å². The zero-order valence-corrected chi connectivity index (χ0v) is 9.53.